The fourth-order valence-electron chi connectivity index (χ4n) is 1.97. The van der Waals surface area contributed by atoms with Crippen molar-refractivity contribution in [3.8, 4) is 0 Å². The number of para-hydroxylation sites is 1. The first-order valence-electron chi connectivity index (χ1n) is 6.09. The molecule has 0 aliphatic heterocycles. The summed E-state index contributed by atoms with van der Waals surface area (Å²) in [7, 11) is 0. The lowest BCUT2D eigenvalue weighted by molar-refractivity contribution is 0.251. The van der Waals surface area contributed by atoms with Gasteiger partial charge in [0.1, 0.15) is 11.3 Å². The van der Waals surface area contributed by atoms with Crippen molar-refractivity contribution in [3.05, 3.63) is 35.6 Å². The minimum Gasteiger partial charge on any atom is -0.461 e. The van der Waals surface area contributed by atoms with Crippen LogP contribution >= 0.6 is 0 Å². The number of benzene rings is 1. The zero-order valence-corrected chi connectivity index (χ0v) is 10.4. The molecule has 1 aromatic carbocycles. The van der Waals surface area contributed by atoms with Crippen LogP contribution in [0.5, 0.6) is 0 Å². The molecule has 3 heteroatoms. The SMILES string of the molecule is CCc1oc2ccccc2c1CN[C@H](C)CO. The van der Waals surface area contributed by atoms with Crippen molar-refractivity contribution in [2.45, 2.75) is 32.9 Å². The zero-order valence-electron chi connectivity index (χ0n) is 10.4. The molecular formula is C14H19NO2. The van der Waals surface area contributed by atoms with E-state index < -0.39 is 0 Å². The number of nitrogens with one attached hydrogen (secondary N) is 1. The van der Waals surface area contributed by atoms with Crippen molar-refractivity contribution in [2.24, 2.45) is 0 Å². The predicted molar refractivity (Wildman–Crippen MR) is 69.0 cm³/mol. The molecule has 0 aliphatic rings. The van der Waals surface area contributed by atoms with Gasteiger partial charge in [0.2, 0.25) is 0 Å². The van der Waals surface area contributed by atoms with Gasteiger partial charge in [0.15, 0.2) is 0 Å². The van der Waals surface area contributed by atoms with E-state index in [1.807, 2.05) is 25.1 Å². The lowest BCUT2D eigenvalue weighted by Crippen LogP contribution is -2.28. The second-order valence-corrected chi connectivity index (χ2v) is 4.32. The summed E-state index contributed by atoms with van der Waals surface area (Å²) in [6.07, 6.45) is 0.888. The number of hydrogen-bond acceptors (Lipinski definition) is 3. The maximum Gasteiger partial charge on any atom is 0.134 e. The van der Waals surface area contributed by atoms with Crippen molar-refractivity contribution >= 4 is 11.0 Å². The molecule has 0 fully saturated rings. The van der Waals surface area contributed by atoms with Crippen LogP contribution in [0.25, 0.3) is 11.0 Å². The van der Waals surface area contributed by atoms with Crippen LogP contribution in [0.4, 0.5) is 0 Å². The van der Waals surface area contributed by atoms with Gasteiger partial charge in [0.25, 0.3) is 0 Å². The van der Waals surface area contributed by atoms with E-state index in [1.54, 1.807) is 0 Å². The van der Waals surface area contributed by atoms with Crippen LogP contribution in [-0.2, 0) is 13.0 Å². The molecule has 0 unspecified atom stereocenters. The average molecular weight is 233 g/mol. The summed E-state index contributed by atoms with van der Waals surface area (Å²) >= 11 is 0. The van der Waals surface area contributed by atoms with E-state index in [0.29, 0.717) is 0 Å². The Hall–Kier alpha value is -1.32. The molecule has 2 N–H and O–H groups in total. The van der Waals surface area contributed by atoms with Crippen LogP contribution in [0, 0.1) is 0 Å². The van der Waals surface area contributed by atoms with Crippen molar-refractivity contribution in [1.29, 1.82) is 0 Å². The highest BCUT2D eigenvalue weighted by atomic mass is 16.3. The first-order valence-corrected chi connectivity index (χ1v) is 6.09. The van der Waals surface area contributed by atoms with E-state index >= 15 is 0 Å². The van der Waals surface area contributed by atoms with Crippen LogP contribution in [0.3, 0.4) is 0 Å². The smallest absolute Gasteiger partial charge is 0.134 e. The molecule has 2 rings (SSSR count). The highest BCUT2D eigenvalue weighted by Crippen LogP contribution is 2.26. The van der Waals surface area contributed by atoms with Crippen LogP contribution in [-0.4, -0.2) is 17.8 Å². The average Bonchev–Trinajstić information content (AvgIpc) is 2.73. The molecule has 0 saturated heterocycles. The molecule has 0 radical (unpaired) electrons. The second kappa shape index (κ2) is 5.34. The summed E-state index contributed by atoms with van der Waals surface area (Å²) in [5, 5.41) is 13.5. The van der Waals surface area contributed by atoms with Crippen molar-refractivity contribution < 1.29 is 9.52 Å². The third kappa shape index (κ3) is 2.51. The number of aliphatic hydroxyl groups is 1. The van der Waals surface area contributed by atoms with Crippen molar-refractivity contribution in [3.63, 3.8) is 0 Å². The van der Waals surface area contributed by atoms with E-state index in [2.05, 4.69) is 18.3 Å². The van der Waals surface area contributed by atoms with Crippen molar-refractivity contribution in [1.82, 2.24) is 5.32 Å². The van der Waals surface area contributed by atoms with Gasteiger partial charge in [-0.3, -0.25) is 0 Å². The fourth-order valence-corrected chi connectivity index (χ4v) is 1.97. The van der Waals surface area contributed by atoms with E-state index in [4.69, 9.17) is 9.52 Å². The van der Waals surface area contributed by atoms with Gasteiger partial charge in [-0.05, 0) is 13.0 Å². The molecule has 0 spiro atoms. The summed E-state index contributed by atoms with van der Waals surface area (Å²) in [6.45, 7) is 4.95. The highest BCUT2D eigenvalue weighted by molar-refractivity contribution is 5.82. The fraction of sp³-hybridized carbons (Fsp3) is 0.429. The molecule has 1 atom stereocenters. The Morgan fingerprint density at radius 3 is 2.82 bits per heavy atom. The minimum atomic E-state index is 0.105. The summed E-state index contributed by atoms with van der Waals surface area (Å²) in [6, 6.07) is 8.19. The lowest BCUT2D eigenvalue weighted by atomic mass is 10.1. The Bertz CT molecular complexity index is 490. The normalized spacial score (nSPS) is 13.1. The molecule has 17 heavy (non-hydrogen) atoms. The van der Waals surface area contributed by atoms with Gasteiger partial charge in [-0.25, -0.2) is 0 Å². The Morgan fingerprint density at radius 1 is 1.35 bits per heavy atom. The van der Waals surface area contributed by atoms with Gasteiger partial charge in [0, 0.05) is 30.0 Å². The van der Waals surface area contributed by atoms with E-state index in [9.17, 15) is 0 Å². The highest BCUT2D eigenvalue weighted by Gasteiger charge is 2.12. The molecule has 92 valence electrons. The van der Waals surface area contributed by atoms with Crippen molar-refractivity contribution in [2.75, 3.05) is 6.61 Å². The topological polar surface area (TPSA) is 45.4 Å². The molecule has 3 nitrogen and oxygen atoms in total. The summed E-state index contributed by atoms with van der Waals surface area (Å²) in [5.74, 6) is 1.03. The van der Waals surface area contributed by atoms with Gasteiger partial charge in [-0.15, -0.1) is 0 Å². The van der Waals surface area contributed by atoms with Gasteiger partial charge in [-0.2, -0.15) is 0 Å². The molecule has 2 aromatic rings. The van der Waals surface area contributed by atoms with E-state index in [0.717, 1.165) is 24.3 Å². The molecule has 0 bridgehead atoms. The summed E-state index contributed by atoms with van der Waals surface area (Å²) < 4.78 is 5.81. The van der Waals surface area contributed by atoms with Crippen LogP contribution in [0.15, 0.2) is 28.7 Å². The first-order chi connectivity index (χ1) is 8.26. The molecular weight excluding hydrogens is 214 g/mol. The van der Waals surface area contributed by atoms with Gasteiger partial charge < -0.3 is 14.8 Å². The first kappa shape index (κ1) is 12.1. The zero-order chi connectivity index (χ0) is 12.3. The third-order valence-electron chi connectivity index (χ3n) is 3.00. The quantitative estimate of drug-likeness (QED) is 0.834. The van der Waals surface area contributed by atoms with Crippen LogP contribution in [0.2, 0.25) is 0 Å². The molecule has 1 heterocycles. The Balaban J connectivity index is 2.30. The lowest BCUT2D eigenvalue weighted by Gasteiger charge is -2.10. The van der Waals surface area contributed by atoms with Gasteiger partial charge in [0.05, 0.1) is 6.61 Å². The Labute approximate surface area is 101 Å². The number of aliphatic hydroxyl groups excluding tert-OH is 1. The summed E-state index contributed by atoms with van der Waals surface area (Å²) in [5.41, 5.74) is 2.15. The van der Waals surface area contributed by atoms with Gasteiger partial charge >= 0.3 is 0 Å². The molecule has 0 saturated carbocycles. The van der Waals surface area contributed by atoms with Crippen LogP contribution in [0.1, 0.15) is 25.2 Å². The number of aryl methyl sites for hydroxylation is 1. The second-order valence-electron chi connectivity index (χ2n) is 4.32. The number of hydrogen-bond donors (Lipinski definition) is 2. The number of rotatable bonds is 5. The molecule has 0 aliphatic carbocycles. The number of furan rings is 1. The predicted octanol–water partition coefficient (Wildman–Crippen LogP) is 2.47. The van der Waals surface area contributed by atoms with Crippen LogP contribution < -0.4 is 5.32 Å². The minimum absolute atomic E-state index is 0.105. The third-order valence-corrected chi connectivity index (χ3v) is 3.00. The Morgan fingerprint density at radius 2 is 2.12 bits per heavy atom. The number of fused-ring (bicyclic) bond motifs is 1. The monoisotopic (exact) mass is 233 g/mol. The van der Waals surface area contributed by atoms with E-state index in [1.165, 1.54) is 10.9 Å². The molecule has 0 amide bonds. The maximum atomic E-state index is 9.02. The summed E-state index contributed by atoms with van der Waals surface area (Å²) in [4.78, 5) is 0. The molecule has 1 aromatic heterocycles. The Kier molecular flexibility index (Phi) is 3.82. The van der Waals surface area contributed by atoms with E-state index in [-0.39, 0.29) is 12.6 Å². The standard InChI is InChI=1S/C14H19NO2/c1-3-13-12(8-15-10(2)9-16)11-6-4-5-7-14(11)17-13/h4-7,10,15-16H,3,8-9H2,1-2H3/t10-/m1/s1. The maximum absolute atomic E-state index is 9.02. The largest absolute Gasteiger partial charge is 0.461 e. The van der Waals surface area contributed by atoms with Gasteiger partial charge in [-0.1, -0.05) is 25.1 Å².